The number of nitrogens with one attached hydrogen (secondary N) is 2. The molecule has 3 rings (SSSR count). The molecule has 2 fully saturated rings. The van der Waals surface area contributed by atoms with E-state index >= 15 is 0 Å². The Kier molecular flexibility index (Phi) is 7.24. The van der Waals surface area contributed by atoms with Crippen molar-refractivity contribution < 1.29 is 9.13 Å². The van der Waals surface area contributed by atoms with Crippen LogP contribution in [0.3, 0.4) is 0 Å². The number of piperidine rings is 1. The maximum atomic E-state index is 13.4. The van der Waals surface area contributed by atoms with E-state index in [-0.39, 0.29) is 10.6 Å². The maximum absolute atomic E-state index is 13.4. The quantitative estimate of drug-likeness (QED) is 0.594. The molecule has 5 nitrogen and oxygen atoms in total. The van der Waals surface area contributed by atoms with Crippen molar-refractivity contribution in [3.8, 4) is 0 Å². The molecule has 2 aliphatic rings. The Balaban J connectivity index is 1.47. The molecule has 2 heterocycles. The van der Waals surface area contributed by atoms with Crippen molar-refractivity contribution in [3.05, 3.63) is 30.1 Å². The molecule has 0 radical (unpaired) electrons. The van der Waals surface area contributed by atoms with Crippen LogP contribution in [-0.4, -0.2) is 62.9 Å². The summed E-state index contributed by atoms with van der Waals surface area (Å²) >= 11 is 1.93. The van der Waals surface area contributed by atoms with Crippen molar-refractivity contribution in [2.75, 3.05) is 51.1 Å². The highest BCUT2D eigenvalue weighted by atomic mass is 32.2. The number of ether oxygens (including phenoxy) is 1. The zero-order valence-electron chi connectivity index (χ0n) is 16.3. The minimum absolute atomic E-state index is 0.173. The fourth-order valence-electron chi connectivity index (χ4n) is 3.78. The van der Waals surface area contributed by atoms with Gasteiger partial charge in [0.1, 0.15) is 5.82 Å². The second-order valence-electron chi connectivity index (χ2n) is 7.31. The summed E-state index contributed by atoms with van der Waals surface area (Å²) in [7, 11) is 1.83. The van der Waals surface area contributed by atoms with E-state index in [1.807, 2.05) is 24.9 Å². The molecule has 27 heavy (non-hydrogen) atoms. The van der Waals surface area contributed by atoms with Gasteiger partial charge in [0.05, 0.1) is 0 Å². The molecule has 0 aromatic heterocycles. The van der Waals surface area contributed by atoms with Crippen LogP contribution in [0.15, 0.2) is 29.3 Å². The maximum Gasteiger partial charge on any atom is 0.191 e. The van der Waals surface area contributed by atoms with Crippen LogP contribution >= 0.6 is 11.8 Å². The zero-order valence-corrected chi connectivity index (χ0v) is 17.2. The molecule has 150 valence electrons. The van der Waals surface area contributed by atoms with E-state index in [1.54, 1.807) is 12.1 Å². The minimum Gasteiger partial charge on any atom is -0.381 e. The van der Waals surface area contributed by atoms with Gasteiger partial charge in [-0.15, -0.1) is 0 Å². The summed E-state index contributed by atoms with van der Waals surface area (Å²) in [4.78, 5) is 6.66. The standard InChI is InChI=1S/C20H31FN4OS/c1-22-19(23-15-20(27-2)8-12-26-13-9-20)24-17-6-10-25(11-7-17)18-5-3-4-16(21)14-18/h3-5,14,17H,6-13,15H2,1-2H3,(H2,22,23,24). The van der Waals surface area contributed by atoms with Crippen LogP contribution in [-0.2, 0) is 4.74 Å². The predicted molar refractivity (Wildman–Crippen MR) is 112 cm³/mol. The fraction of sp³-hybridized carbons (Fsp3) is 0.650. The van der Waals surface area contributed by atoms with E-state index in [4.69, 9.17) is 4.74 Å². The minimum atomic E-state index is -0.173. The average Bonchev–Trinajstić information content (AvgIpc) is 2.72. The highest BCUT2D eigenvalue weighted by Gasteiger charge is 2.32. The lowest BCUT2D eigenvalue weighted by Gasteiger charge is -2.37. The highest BCUT2D eigenvalue weighted by Crippen LogP contribution is 2.33. The van der Waals surface area contributed by atoms with Gasteiger partial charge in [-0.3, -0.25) is 4.99 Å². The highest BCUT2D eigenvalue weighted by molar-refractivity contribution is 8.00. The van der Waals surface area contributed by atoms with Crippen LogP contribution in [0.25, 0.3) is 0 Å². The second-order valence-corrected chi connectivity index (χ2v) is 8.59. The van der Waals surface area contributed by atoms with E-state index in [2.05, 4.69) is 26.8 Å². The Morgan fingerprint density at radius 2 is 2.07 bits per heavy atom. The molecular formula is C20H31FN4OS. The lowest BCUT2D eigenvalue weighted by atomic mass is 9.99. The molecule has 0 saturated carbocycles. The third-order valence-electron chi connectivity index (χ3n) is 5.65. The molecule has 1 aromatic carbocycles. The van der Waals surface area contributed by atoms with Crippen LogP contribution < -0.4 is 15.5 Å². The number of hydrogen-bond acceptors (Lipinski definition) is 4. The summed E-state index contributed by atoms with van der Waals surface area (Å²) in [6.07, 6.45) is 6.36. The largest absolute Gasteiger partial charge is 0.381 e. The van der Waals surface area contributed by atoms with Crippen molar-refractivity contribution >= 4 is 23.4 Å². The Hall–Kier alpha value is -1.47. The molecule has 0 aliphatic carbocycles. The van der Waals surface area contributed by atoms with Crippen LogP contribution in [0.5, 0.6) is 0 Å². The number of nitrogens with zero attached hydrogens (tertiary/aromatic N) is 2. The van der Waals surface area contributed by atoms with Gasteiger partial charge in [0.2, 0.25) is 0 Å². The number of anilines is 1. The molecule has 2 N–H and O–H groups in total. The molecule has 0 amide bonds. The van der Waals surface area contributed by atoms with Gasteiger partial charge in [-0.1, -0.05) is 6.07 Å². The number of benzene rings is 1. The van der Waals surface area contributed by atoms with Crippen LogP contribution in [0, 0.1) is 5.82 Å². The molecule has 0 spiro atoms. The lowest BCUT2D eigenvalue weighted by molar-refractivity contribution is 0.0782. The smallest absolute Gasteiger partial charge is 0.191 e. The van der Waals surface area contributed by atoms with Crippen molar-refractivity contribution in [2.45, 2.75) is 36.5 Å². The lowest BCUT2D eigenvalue weighted by Crippen LogP contribution is -2.52. The predicted octanol–water partition coefficient (Wildman–Crippen LogP) is 2.87. The molecule has 2 saturated heterocycles. The molecular weight excluding hydrogens is 363 g/mol. The molecule has 7 heteroatoms. The van der Waals surface area contributed by atoms with E-state index in [0.717, 1.165) is 70.2 Å². The van der Waals surface area contributed by atoms with E-state index < -0.39 is 0 Å². The molecule has 0 atom stereocenters. The number of halogens is 1. The van der Waals surface area contributed by atoms with Gasteiger partial charge >= 0.3 is 0 Å². The number of hydrogen-bond donors (Lipinski definition) is 2. The van der Waals surface area contributed by atoms with Gasteiger partial charge in [-0.05, 0) is 50.1 Å². The van der Waals surface area contributed by atoms with Gasteiger partial charge < -0.3 is 20.3 Å². The molecule has 1 aromatic rings. The fourth-order valence-corrected chi connectivity index (χ4v) is 4.58. The first-order chi connectivity index (χ1) is 13.1. The van der Waals surface area contributed by atoms with Gasteiger partial charge in [0, 0.05) is 56.4 Å². The van der Waals surface area contributed by atoms with E-state index in [9.17, 15) is 4.39 Å². The topological polar surface area (TPSA) is 48.9 Å². The number of rotatable bonds is 5. The average molecular weight is 395 g/mol. The summed E-state index contributed by atoms with van der Waals surface area (Å²) in [5.41, 5.74) is 0.970. The Morgan fingerprint density at radius 1 is 1.33 bits per heavy atom. The first kappa shape index (κ1) is 20.3. The Morgan fingerprint density at radius 3 is 2.70 bits per heavy atom. The Labute approximate surface area is 166 Å². The second kappa shape index (κ2) is 9.64. The van der Waals surface area contributed by atoms with Gasteiger partial charge in [-0.25, -0.2) is 4.39 Å². The number of aliphatic imine (C=N–C) groups is 1. The first-order valence-corrected chi connectivity index (χ1v) is 11.0. The van der Waals surface area contributed by atoms with E-state index in [0.29, 0.717) is 6.04 Å². The third-order valence-corrected chi connectivity index (χ3v) is 7.07. The van der Waals surface area contributed by atoms with Crippen molar-refractivity contribution in [1.29, 1.82) is 0 Å². The van der Waals surface area contributed by atoms with Crippen molar-refractivity contribution in [3.63, 3.8) is 0 Å². The summed E-state index contributed by atoms with van der Waals surface area (Å²) < 4.78 is 19.2. The molecule has 0 bridgehead atoms. The van der Waals surface area contributed by atoms with Gasteiger partial charge in [0.25, 0.3) is 0 Å². The molecule has 0 unspecified atom stereocenters. The SMILES string of the molecule is CN=C(NCC1(SC)CCOCC1)NC1CCN(c2cccc(F)c2)CC1. The first-order valence-electron chi connectivity index (χ1n) is 9.75. The number of guanidine groups is 1. The molecule has 2 aliphatic heterocycles. The third kappa shape index (κ3) is 5.51. The summed E-state index contributed by atoms with van der Waals surface area (Å²) in [5.74, 6) is 0.701. The zero-order chi connectivity index (χ0) is 19.1. The summed E-state index contributed by atoms with van der Waals surface area (Å²) in [6, 6.07) is 7.25. The Bertz CT molecular complexity index is 628. The summed E-state index contributed by atoms with van der Waals surface area (Å²) in [6.45, 7) is 4.42. The van der Waals surface area contributed by atoms with Gasteiger partial charge in [-0.2, -0.15) is 11.8 Å². The number of thioether (sulfide) groups is 1. The monoisotopic (exact) mass is 394 g/mol. The van der Waals surface area contributed by atoms with Crippen molar-refractivity contribution in [2.24, 2.45) is 4.99 Å². The van der Waals surface area contributed by atoms with Crippen LogP contribution in [0.2, 0.25) is 0 Å². The van der Waals surface area contributed by atoms with Crippen LogP contribution in [0.4, 0.5) is 10.1 Å². The van der Waals surface area contributed by atoms with Crippen LogP contribution in [0.1, 0.15) is 25.7 Å². The van der Waals surface area contributed by atoms with Crippen molar-refractivity contribution in [1.82, 2.24) is 10.6 Å². The van der Waals surface area contributed by atoms with E-state index in [1.165, 1.54) is 6.07 Å². The normalized spacial score (nSPS) is 21.1. The summed E-state index contributed by atoms with van der Waals surface area (Å²) in [5, 5.41) is 7.10. The van der Waals surface area contributed by atoms with Gasteiger partial charge in [0.15, 0.2) is 5.96 Å².